The molecule has 0 aliphatic carbocycles. The zero-order valence-corrected chi connectivity index (χ0v) is 14.4. The number of methoxy groups -OCH3 is 2. The summed E-state index contributed by atoms with van der Waals surface area (Å²) in [5, 5.41) is 3.00. The van der Waals surface area contributed by atoms with Gasteiger partial charge in [-0.15, -0.1) is 0 Å². The van der Waals surface area contributed by atoms with Gasteiger partial charge in [0.25, 0.3) is 0 Å². The van der Waals surface area contributed by atoms with E-state index in [0.717, 1.165) is 11.1 Å². The maximum absolute atomic E-state index is 12.9. The first kappa shape index (κ1) is 17.8. The molecule has 0 saturated heterocycles. The van der Waals surface area contributed by atoms with Gasteiger partial charge in [0.15, 0.2) is 11.5 Å². The molecule has 1 N–H and O–H groups in total. The van der Waals surface area contributed by atoms with E-state index in [9.17, 15) is 9.18 Å². The number of nitrogens with one attached hydrogen (secondary N) is 1. The van der Waals surface area contributed by atoms with E-state index in [1.165, 1.54) is 12.1 Å². The van der Waals surface area contributed by atoms with Gasteiger partial charge in [0.2, 0.25) is 5.91 Å². The number of benzene rings is 2. The number of amides is 1. The van der Waals surface area contributed by atoms with E-state index in [0.29, 0.717) is 11.5 Å². The van der Waals surface area contributed by atoms with Crippen molar-refractivity contribution in [2.75, 3.05) is 14.2 Å². The third-order valence-electron chi connectivity index (χ3n) is 3.84. The predicted octanol–water partition coefficient (Wildman–Crippen LogP) is 3.44. The lowest BCUT2D eigenvalue weighted by Crippen LogP contribution is -2.41. The smallest absolute Gasteiger partial charge is 0.225 e. The Hall–Kier alpha value is -2.56. The molecule has 1 amide bonds. The van der Waals surface area contributed by atoms with Gasteiger partial charge in [-0.05, 0) is 49.2 Å². The molecular weight excluding hydrogens is 309 g/mol. The Morgan fingerprint density at radius 3 is 2.25 bits per heavy atom. The fourth-order valence-corrected chi connectivity index (χ4v) is 2.48. The van der Waals surface area contributed by atoms with Crippen LogP contribution in [-0.2, 0) is 16.8 Å². The molecule has 2 aromatic carbocycles. The Balaban J connectivity index is 2.12. The summed E-state index contributed by atoms with van der Waals surface area (Å²) in [6.45, 7) is 3.83. The number of hydrogen-bond donors (Lipinski definition) is 1. The maximum Gasteiger partial charge on any atom is 0.225 e. The van der Waals surface area contributed by atoms with Crippen molar-refractivity contribution in [3.05, 3.63) is 59.4 Å². The summed E-state index contributed by atoms with van der Waals surface area (Å²) >= 11 is 0. The summed E-state index contributed by atoms with van der Waals surface area (Å²) in [5.41, 5.74) is 1.07. The highest BCUT2D eigenvalue weighted by atomic mass is 19.1. The van der Waals surface area contributed by atoms with Gasteiger partial charge in [0.1, 0.15) is 5.82 Å². The molecule has 4 nitrogen and oxygen atoms in total. The number of carbonyl (C=O) groups excluding carboxylic acids is 1. The molecule has 0 saturated carbocycles. The second-order valence-corrected chi connectivity index (χ2v) is 6.05. The summed E-state index contributed by atoms with van der Waals surface area (Å²) < 4.78 is 23.5. The largest absolute Gasteiger partial charge is 0.493 e. The molecule has 0 aromatic heterocycles. The van der Waals surface area contributed by atoms with Gasteiger partial charge in [-0.2, -0.15) is 0 Å². The quantitative estimate of drug-likeness (QED) is 0.882. The Morgan fingerprint density at radius 2 is 1.67 bits per heavy atom. The Morgan fingerprint density at radius 1 is 1.04 bits per heavy atom. The van der Waals surface area contributed by atoms with E-state index in [1.807, 2.05) is 32.0 Å². The highest BCUT2D eigenvalue weighted by molar-refractivity contribution is 5.79. The van der Waals surface area contributed by atoms with Gasteiger partial charge in [0, 0.05) is 0 Å². The summed E-state index contributed by atoms with van der Waals surface area (Å²) in [6, 6.07) is 11.5. The zero-order valence-electron chi connectivity index (χ0n) is 14.4. The molecule has 24 heavy (non-hydrogen) atoms. The molecule has 0 aliphatic heterocycles. The molecule has 0 fully saturated rings. The SMILES string of the molecule is COc1ccc(C(C)(C)NC(=O)Cc2ccc(F)cc2)cc1OC. The Kier molecular flexibility index (Phi) is 5.44. The van der Waals surface area contributed by atoms with Crippen molar-refractivity contribution >= 4 is 5.91 Å². The normalized spacial score (nSPS) is 11.0. The van der Waals surface area contributed by atoms with Crippen LogP contribution < -0.4 is 14.8 Å². The lowest BCUT2D eigenvalue weighted by atomic mass is 9.93. The molecule has 2 aromatic rings. The van der Waals surface area contributed by atoms with Crippen molar-refractivity contribution in [1.29, 1.82) is 0 Å². The molecule has 5 heteroatoms. The molecule has 0 bridgehead atoms. The van der Waals surface area contributed by atoms with E-state index in [4.69, 9.17) is 9.47 Å². The average Bonchev–Trinajstić information content (AvgIpc) is 2.55. The highest BCUT2D eigenvalue weighted by Gasteiger charge is 2.24. The van der Waals surface area contributed by atoms with Crippen molar-refractivity contribution in [3.8, 4) is 11.5 Å². The van der Waals surface area contributed by atoms with E-state index in [-0.39, 0.29) is 18.1 Å². The van der Waals surface area contributed by atoms with Crippen LogP contribution in [0.4, 0.5) is 4.39 Å². The van der Waals surface area contributed by atoms with Crippen molar-refractivity contribution in [1.82, 2.24) is 5.32 Å². The fourth-order valence-electron chi connectivity index (χ4n) is 2.48. The van der Waals surface area contributed by atoms with Crippen LogP contribution >= 0.6 is 0 Å². The lowest BCUT2D eigenvalue weighted by molar-refractivity contribution is -0.122. The van der Waals surface area contributed by atoms with Crippen LogP contribution in [0.3, 0.4) is 0 Å². The zero-order chi connectivity index (χ0) is 17.7. The van der Waals surface area contributed by atoms with Crippen molar-refractivity contribution in [2.24, 2.45) is 0 Å². The Bertz CT molecular complexity index is 711. The molecule has 0 spiro atoms. The highest BCUT2D eigenvalue weighted by Crippen LogP contribution is 2.32. The number of ether oxygens (including phenoxy) is 2. The van der Waals surface area contributed by atoms with Gasteiger partial charge in [-0.25, -0.2) is 4.39 Å². The minimum atomic E-state index is -0.587. The molecule has 0 aliphatic rings. The monoisotopic (exact) mass is 331 g/mol. The van der Waals surface area contributed by atoms with Crippen LogP contribution in [0.1, 0.15) is 25.0 Å². The third kappa shape index (κ3) is 4.25. The third-order valence-corrected chi connectivity index (χ3v) is 3.84. The van der Waals surface area contributed by atoms with E-state index >= 15 is 0 Å². The van der Waals surface area contributed by atoms with Crippen LogP contribution in [0.25, 0.3) is 0 Å². The van der Waals surface area contributed by atoms with Gasteiger partial charge in [0.05, 0.1) is 26.2 Å². The molecule has 0 heterocycles. The standard InChI is InChI=1S/C19H22FNO3/c1-19(2,14-7-10-16(23-3)17(12-14)24-4)21-18(22)11-13-5-8-15(20)9-6-13/h5-10,12H,11H2,1-4H3,(H,21,22). The van der Waals surface area contributed by atoms with Crippen molar-refractivity contribution in [3.63, 3.8) is 0 Å². The first-order chi connectivity index (χ1) is 11.4. The van der Waals surface area contributed by atoms with Crippen LogP contribution in [0.2, 0.25) is 0 Å². The summed E-state index contributed by atoms with van der Waals surface area (Å²) in [6.07, 6.45) is 0.191. The predicted molar refractivity (Wildman–Crippen MR) is 90.8 cm³/mol. The van der Waals surface area contributed by atoms with Gasteiger partial charge < -0.3 is 14.8 Å². The number of halogens is 1. The Labute approximate surface area is 141 Å². The molecule has 2 rings (SSSR count). The first-order valence-electron chi connectivity index (χ1n) is 7.63. The molecule has 0 atom stereocenters. The van der Waals surface area contributed by atoms with Crippen LogP contribution in [0.5, 0.6) is 11.5 Å². The minimum absolute atomic E-state index is 0.138. The summed E-state index contributed by atoms with van der Waals surface area (Å²) in [4.78, 5) is 12.3. The number of rotatable bonds is 6. The second kappa shape index (κ2) is 7.34. The topological polar surface area (TPSA) is 47.6 Å². The number of carbonyl (C=O) groups is 1. The summed E-state index contributed by atoms with van der Waals surface area (Å²) in [5.74, 6) is 0.789. The maximum atomic E-state index is 12.9. The van der Waals surface area contributed by atoms with Gasteiger partial charge >= 0.3 is 0 Å². The lowest BCUT2D eigenvalue weighted by Gasteiger charge is -2.27. The van der Waals surface area contributed by atoms with Crippen molar-refractivity contribution < 1.29 is 18.7 Å². The molecule has 0 radical (unpaired) electrons. The first-order valence-corrected chi connectivity index (χ1v) is 7.63. The molecule has 0 unspecified atom stereocenters. The van der Waals surface area contributed by atoms with E-state index in [2.05, 4.69) is 5.32 Å². The number of hydrogen-bond acceptors (Lipinski definition) is 3. The molecular formula is C19H22FNO3. The fraction of sp³-hybridized carbons (Fsp3) is 0.316. The van der Waals surface area contributed by atoms with E-state index < -0.39 is 5.54 Å². The van der Waals surface area contributed by atoms with E-state index in [1.54, 1.807) is 26.4 Å². The summed E-state index contributed by atoms with van der Waals surface area (Å²) in [7, 11) is 3.15. The molecule has 128 valence electrons. The average molecular weight is 331 g/mol. The minimum Gasteiger partial charge on any atom is -0.493 e. The van der Waals surface area contributed by atoms with Crippen LogP contribution in [0, 0.1) is 5.82 Å². The van der Waals surface area contributed by atoms with Gasteiger partial charge in [-0.1, -0.05) is 18.2 Å². The second-order valence-electron chi connectivity index (χ2n) is 6.05. The van der Waals surface area contributed by atoms with Crippen molar-refractivity contribution in [2.45, 2.75) is 25.8 Å². The van der Waals surface area contributed by atoms with Crippen LogP contribution in [0.15, 0.2) is 42.5 Å². The van der Waals surface area contributed by atoms with Crippen LogP contribution in [-0.4, -0.2) is 20.1 Å². The van der Waals surface area contributed by atoms with Gasteiger partial charge in [-0.3, -0.25) is 4.79 Å².